The first-order valence-corrected chi connectivity index (χ1v) is 5.85. The van der Waals surface area contributed by atoms with Crippen LogP contribution in [0.2, 0.25) is 0 Å². The van der Waals surface area contributed by atoms with Crippen LogP contribution in [0.1, 0.15) is 40.5 Å². The quantitative estimate of drug-likeness (QED) is 0.564. The molecule has 0 spiro atoms. The molecule has 0 aromatic heterocycles. The van der Waals surface area contributed by atoms with Crippen molar-refractivity contribution in [2.75, 3.05) is 19.6 Å². The third-order valence-corrected chi connectivity index (χ3v) is 3.09. The van der Waals surface area contributed by atoms with Crippen molar-refractivity contribution in [3.05, 3.63) is 0 Å². The second kappa shape index (κ2) is 4.97. The Labute approximate surface area is 93.2 Å². The smallest absolute Gasteiger partial charge is 0.0624 e. The summed E-state index contributed by atoms with van der Waals surface area (Å²) in [6, 6.07) is 0. The molecule has 0 amide bonds. The number of hydrogen-bond donors (Lipinski definition) is 1. The predicted octanol–water partition coefficient (Wildman–Crippen LogP) is 2.59. The van der Waals surface area contributed by atoms with Crippen LogP contribution in [0.4, 0.5) is 0 Å². The molecule has 0 bridgehead atoms. The molecule has 1 N–H and O–H groups in total. The van der Waals surface area contributed by atoms with E-state index in [9.17, 15) is 0 Å². The van der Waals surface area contributed by atoms with Gasteiger partial charge in [0.05, 0.1) is 5.71 Å². The van der Waals surface area contributed by atoms with Crippen molar-refractivity contribution in [3.8, 4) is 0 Å². The van der Waals surface area contributed by atoms with Crippen LogP contribution in [0.5, 0.6) is 0 Å². The number of oxime groups is 1. The summed E-state index contributed by atoms with van der Waals surface area (Å²) >= 11 is 0. The molecule has 3 nitrogen and oxygen atoms in total. The molecule has 0 aromatic carbocycles. The fourth-order valence-corrected chi connectivity index (χ4v) is 1.95. The Morgan fingerprint density at radius 3 is 2.60 bits per heavy atom. The van der Waals surface area contributed by atoms with Crippen LogP contribution >= 0.6 is 0 Å². The highest BCUT2D eigenvalue weighted by molar-refractivity contribution is 5.86. The van der Waals surface area contributed by atoms with Crippen molar-refractivity contribution in [2.45, 2.75) is 40.5 Å². The molecule has 0 aromatic rings. The van der Waals surface area contributed by atoms with Crippen molar-refractivity contribution < 1.29 is 5.21 Å². The molecular formula is C12H24N2O. The largest absolute Gasteiger partial charge is 0.411 e. The van der Waals surface area contributed by atoms with Gasteiger partial charge in [0.1, 0.15) is 0 Å². The summed E-state index contributed by atoms with van der Waals surface area (Å²) in [5.74, 6) is 0.406. The number of hydrogen-bond acceptors (Lipinski definition) is 3. The van der Waals surface area contributed by atoms with Crippen molar-refractivity contribution in [1.29, 1.82) is 0 Å². The van der Waals surface area contributed by atoms with Crippen LogP contribution < -0.4 is 0 Å². The Bertz CT molecular complexity index is 230. The highest BCUT2D eigenvalue weighted by Gasteiger charge is 2.23. The van der Waals surface area contributed by atoms with Gasteiger partial charge in [0.2, 0.25) is 0 Å². The van der Waals surface area contributed by atoms with E-state index < -0.39 is 0 Å². The van der Waals surface area contributed by atoms with E-state index >= 15 is 0 Å². The van der Waals surface area contributed by atoms with E-state index in [0.29, 0.717) is 11.3 Å². The first-order valence-electron chi connectivity index (χ1n) is 5.85. The first kappa shape index (κ1) is 12.5. The van der Waals surface area contributed by atoms with Gasteiger partial charge in [-0.2, -0.15) is 0 Å². The van der Waals surface area contributed by atoms with Crippen LogP contribution in [0.25, 0.3) is 0 Å². The minimum Gasteiger partial charge on any atom is -0.411 e. The molecule has 0 saturated carbocycles. The van der Waals surface area contributed by atoms with E-state index in [1.807, 2.05) is 0 Å². The fraction of sp³-hybridized carbons (Fsp3) is 0.917. The highest BCUT2D eigenvalue weighted by Crippen LogP contribution is 2.21. The van der Waals surface area contributed by atoms with Gasteiger partial charge in [-0.1, -0.05) is 32.9 Å². The van der Waals surface area contributed by atoms with Gasteiger partial charge in [0.15, 0.2) is 0 Å². The number of piperidine rings is 1. The summed E-state index contributed by atoms with van der Waals surface area (Å²) in [7, 11) is 0. The molecular weight excluding hydrogens is 188 g/mol. The molecule has 1 atom stereocenters. The van der Waals surface area contributed by atoms with E-state index in [1.165, 1.54) is 6.42 Å². The van der Waals surface area contributed by atoms with E-state index in [1.54, 1.807) is 0 Å². The standard InChI is InChI=1S/C12H24N2O/c1-10-9-14(7-5-11(10)13-15)8-6-12(2,3)4/h10,15H,5-9H2,1-4H3. The molecule has 3 heteroatoms. The molecule has 0 aliphatic carbocycles. The molecule has 1 saturated heterocycles. The monoisotopic (exact) mass is 212 g/mol. The lowest BCUT2D eigenvalue weighted by Gasteiger charge is -2.33. The average molecular weight is 212 g/mol. The van der Waals surface area contributed by atoms with Crippen LogP contribution in [0.15, 0.2) is 5.16 Å². The van der Waals surface area contributed by atoms with Gasteiger partial charge in [0.25, 0.3) is 0 Å². The second-order valence-electron chi connectivity index (χ2n) is 5.85. The Kier molecular flexibility index (Phi) is 4.14. The fourth-order valence-electron chi connectivity index (χ4n) is 1.95. The van der Waals surface area contributed by atoms with Crippen LogP contribution in [0.3, 0.4) is 0 Å². The minimum absolute atomic E-state index is 0.406. The minimum atomic E-state index is 0.406. The summed E-state index contributed by atoms with van der Waals surface area (Å²) < 4.78 is 0. The lowest BCUT2D eigenvalue weighted by Crippen LogP contribution is -2.40. The topological polar surface area (TPSA) is 35.8 Å². The maximum atomic E-state index is 8.78. The summed E-state index contributed by atoms with van der Waals surface area (Å²) in [4.78, 5) is 2.48. The zero-order chi connectivity index (χ0) is 11.5. The third kappa shape index (κ3) is 4.20. The maximum absolute atomic E-state index is 8.78. The molecule has 1 aliphatic rings. The summed E-state index contributed by atoms with van der Waals surface area (Å²) in [6.45, 7) is 12.2. The van der Waals surface area contributed by atoms with Gasteiger partial charge in [-0.25, -0.2) is 0 Å². The molecule has 15 heavy (non-hydrogen) atoms. The molecule has 88 valence electrons. The normalized spacial score (nSPS) is 27.2. The van der Waals surface area contributed by atoms with Crippen molar-refractivity contribution in [3.63, 3.8) is 0 Å². The summed E-state index contributed by atoms with van der Waals surface area (Å²) in [5.41, 5.74) is 1.37. The molecule has 1 unspecified atom stereocenters. The average Bonchev–Trinajstić information content (AvgIpc) is 2.14. The van der Waals surface area contributed by atoms with Crippen molar-refractivity contribution in [2.24, 2.45) is 16.5 Å². The van der Waals surface area contributed by atoms with Crippen molar-refractivity contribution in [1.82, 2.24) is 4.90 Å². The lowest BCUT2D eigenvalue weighted by molar-refractivity contribution is 0.203. The maximum Gasteiger partial charge on any atom is 0.0624 e. The number of rotatable bonds is 2. The molecule has 1 fully saturated rings. The van der Waals surface area contributed by atoms with Gasteiger partial charge in [0, 0.05) is 25.4 Å². The Morgan fingerprint density at radius 2 is 2.13 bits per heavy atom. The molecule has 1 heterocycles. The van der Waals surface area contributed by atoms with Gasteiger partial charge in [-0.3, -0.25) is 0 Å². The van der Waals surface area contributed by atoms with Gasteiger partial charge >= 0.3 is 0 Å². The van der Waals surface area contributed by atoms with Crippen LogP contribution in [-0.4, -0.2) is 35.5 Å². The number of nitrogens with zero attached hydrogens (tertiary/aromatic N) is 2. The van der Waals surface area contributed by atoms with E-state index in [0.717, 1.165) is 31.8 Å². The molecule has 1 aliphatic heterocycles. The molecule has 1 rings (SSSR count). The summed E-state index contributed by atoms with van der Waals surface area (Å²) in [5, 5.41) is 12.1. The van der Waals surface area contributed by atoms with E-state index in [-0.39, 0.29) is 0 Å². The predicted molar refractivity (Wildman–Crippen MR) is 63.5 cm³/mol. The van der Waals surface area contributed by atoms with Crippen LogP contribution in [-0.2, 0) is 0 Å². The lowest BCUT2D eigenvalue weighted by atomic mass is 9.91. The second-order valence-corrected chi connectivity index (χ2v) is 5.85. The Hall–Kier alpha value is -0.570. The zero-order valence-electron chi connectivity index (χ0n) is 10.5. The van der Waals surface area contributed by atoms with Crippen molar-refractivity contribution >= 4 is 5.71 Å². The Balaban J connectivity index is 2.35. The molecule has 0 radical (unpaired) electrons. The first-order chi connectivity index (χ1) is 6.92. The zero-order valence-corrected chi connectivity index (χ0v) is 10.5. The van der Waals surface area contributed by atoms with Gasteiger partial charge in [-0.15, -0.1) is 0 Å². The van der Waals surface area contributed by atoms with Gasteiger partial charge < -0.3 is 10.1 Å². The van der Waals surface area contributed by atoms with Crippen LogP contribution in [0, 0.1) is 11.3 Å². The highest BCUT2D eigenvalue weighted by atomic mass is 16.4. The third-order valence-electron chi connectivity index (χ3n) is 3.09. The summed E-state index contributed by atoms with van der Waals surface area (Å²) in [6.07, 6.45) is 2.15. The van der Waals surface area contributed by atoms with Gasteiger partial charge in [-0.05, 0) is 18.4 Å². The van der Waals surface area contributed by atoms with E-state index in [4.69, 9.17) is 5.21 Å². The number of likely N-dealkylation sites (tertiary alicyclic amines) is 1. The Morgan fingerprint density at radius 1 is 1.47 bits per heavy atom. The van der Waals surface area contributed by atoms with E-state index in [2.05, 4.69) is 37.8 Å². The SMILES string of the molecule is CC1CN(CCC(C)(C)C)CCC1=NO.